The van der Waals surface area contributed by atoms with E-state index >= 15 is 0 Å². The number of carbonyl (C=O) groups is 1. The van der Waals surface area contributed by atoms with E-state index in [9.17, 15) is 4.79 Å². The molecule has 0 spiro atoms. The van der Waals surface area contributed by atoms with Crippen molar-refractivity contribution in [3.05, 3.63) is 29.3 Å². The van der Waals surface area contributed by atoms with Crippen LogP contribution in [-0.4, -0.2) is 21.4 Å². The topological polar surface area (TPSA) is 80.9 Å². The Morgan fingerprint density at radius 2 is 2.24 bits per heavy atom. The molecule has 3 N–H and O–H groups in total. The van der Waals surface area contributed by atoms with Crippen LogP contribution in [0.1, 0.15) is 25.0 Å². The van der Waals surface area contributed by atoms with Crippen LogP contribution in [0.5, 0.6) is 0 Å². The van der Waals surface area contributed by atoms with Gasteiger partial charge < -0.3 is 11.1 Å². The van der Waals surface area contributed by atoms with E-state index in [0.717, 1.165) is 23.2 Å². The number of nitrogens with one attached hydrogen (secondary N) is 1. The first-order valence-corrected chi connectivity index (χ1v) is 8.35. The highest BCUT2D eigenvalue weighted by atomic mass is 32.2. The first kappa shape index (κ1) is 15.8. The van der Waals surface area contributed by atoms with E-state index in [2.05, 4.69) is 22.4 Å². The summed E-state index contributed by atoms with van der Waals surface area (Å²) >= 11 is 2.65. The van der Waals surface area contributed by atoms with Gasteiger partial charge in [0, 0.05) is 5.69 Å². The molecule has 1 aromatic carbocycles. The summed E-state index contributed by atoms with van der Waals surface area (Å²) in [5.41, 5.74) is 8.66. The number of benzene rings is 1. The molecule has 112 valence electrons. The molecule has 0 aliphatic heterocycles. The molecule has 1 aromatic heterocycles. The SMILES string of the molecule is CCc1cccc(C)c1NC(=O)[C@H](C)Sc1nnc(N)s1. The zero-order valence-electron chi connectivity index (χ0n) is 12.2. The van der Waals surface area contributed by atoms with Crippen LogP contribution in [0, 0.1) is 6.92 Å². The van der Waals surface area contributed by atoms with Crippen molar-refractivity contribution in [1.29, 1.82) is 0 Å². The Labute approximate surface area is 132 Å². The molecular formula is C14H18N4OS2. The van der Waals surface area contributed by atoms with Crippen LogP contribution in [0.3, 0.4) is 0 Å². The predicted octanol–water partition coefficient (Wildman–Crippen LogP) is 3.11. The Morgan fingerprint density at radius 3 is 2.86 bits per heavy atom. The Morgan fingerprint density at radius 1 is 1.48 bits per heavy atom. The third-order valence-corrected chi connectivity index (χ3v) is 4.99. The molecule has 7 heteroatoms. The van der Waals surface area contributed by atoms with Crippen molar-refractivity contribution < 1.29 is 4.79 Å². The molecule has 0 radical (unpaired) electrons. The fourth-order valence-electron chi connectivity index (χ4n) is 1.90. The average Bonchev–Trinajstić information content (AvgIpc) is 2.86. The molecular weight excluding hydrogens is 304 g/mol. The smallest absolute Gasteiger partial charge is 0.237 e. The molecule has 2 aromatic rings. The van der Waals surface area contributed by atoms with E-state index < -0.39 is 0 Å². The summed E-state index contributed by atoms with van der Waals surface area (Å²) in [7, 11) is 0. The van der Waals surface area contributed by atoms with Crippen molar-refractivity contribution in [3.8, 4) is 0 Å². The molecule has 1 atom stereocenters. The second kappa shape index (κ2) is 6.91. The van der Waals surface area contributed by atoms with Crippen LogP contribution in [0.4, 0.5) is 10.8 Å². The number of anilines is 2. The minimum atomic E-state index is -0.262. The van der Waals surface area contributed by atoms with Gasteiger partial charge in [-0.15, -0.1) is 10.2 Å². The van der Waals surface area contributed by atoms with E-state index in [-0.39, 0.29) is 11.2 Å². The Hall–Kier alpha value is -1.60. The van der Waals surface area contributed by atoms with Gasteiger partial charge in [-0.05, 0) is 31.4 Å². The van der Waals surface area contributed by atoms with Gasteiger partial charge >= 0.3 is 0 Å². The summed E-state index contributed by atoms with van der Waals surface area (Å²) in [4.78, 5) is 12.3. The number of para-hydroxylation sites is 1. The molecule has 1 heterocycles. The van der Waals surface area contributed by atoms with E-state index in [1.54, 1.807) is 0 Å². The molecule has 21 heavy (non-hydrogen) atoms. The highest BCUT2D eigenvalue weighted by molar-refractivity contribution is 8.02. The fourth-order valence-corrected chi connectivity index (χ4v) is 3.68. The van der Waals surface area contributed by atoms with Crippen molar-refractivity contribution in [2.24, 2.45) is 0 Å². The number of nitrogens with zero attached hydrogens (tertiary/aromatic N) is 2. The number of hydrogen-bond acceptors (Lipinski definition) is 6. The molecule has 0 bridgehead atoms. The fraction of sp³-hybridized carbons (Fsp3) is 0.357. The highest BCUT2D eigenvalue weighted by Crippen LogP contribution is 2.29. The van der Waals surface area contributed by atoms with E-state index in [1.807, 2.05) is 32.0 Å². The second-order valence-corrected chi connectivity index (χ2v) is 7.22. The third-order valence-electron chi connectivity index (χ3n) is 3.06. The standard InChI is InChI=1S/C14H18N4OS2/c1-4-10-7-5-6-8(2)11(10)16-12(19)9(3)20-14-18-17-13(15)21-14/h5-7,9H,4H2,1-3H3,(H2,15,17)(H,16,19)/t9-/m0/s1. The summed E-state index contributed by atoms with van der Waals surface area (Å²) < 4.78 is 0.704. The maximum absolute atomic E-state index is 12.3. The van der Waals surface area contributed by atoms with Gasteiger partial charge in [-0.1, -0.05) is 48.2 Å². The third kappa shape index (κ3) is 3.95. The largest absolute Gasteiger partial charge is 0.374 e. The van der Waals surface area contributed by atoms with Crippen molar-refractivity contribution in [1.82, 2.24) is 10.2 Å². The van der Waals surface area contributed by atoms with Crippen LogP contribution in [-0.2, 0) is 11.2 Å². The van der Waals surface area contributed by atoms with Crippen LogP contribution in [0.2, 0.25) is 0 Å². The van der Waals surface area contributed by atoms with Crippen LogP contribution in [0.15, 0.2) is 22.5 Å². The van der Waals surface area contributed by atoms with Gasteiger partial charge in [0.05, 0.1) is 5.25 Å². The predicted molar refractivity (Wildman–Crippen MR) is 88.8 cm³/mol. The molecule has 0 unspecified atom stereocenters. The lowest BCUT2D eigenvalue weighted by Gasteiger charge is -2.15. The van der Waals surface area contributed by atoms with Crippen molar-refractivity contribution in [2.45, 2.75) is 36.8 Å². The monoisotopic (exact) mass is 322 g/mol. The zero-order valence-corrected chi connectivity index (χ0v) is 13.8. The maximum Gasteiger partial charge on any atom is 0.237 e. The number of amides is 1. The Bertz CT molecular complexity index is 642. The number of thioether (sulfide) groups is 1. The summed E-state index contributed by atoms with van der Waals surface area (Å²) in [6.45, 7) is 5.92. The molecule has 0 aliphatic rings. The van der Waals surface area contributed by atoms with Crippen LogP contribution >= 0.6 is 23.1 Å². The van der Waals surface area contributed by atoms with Gasteiger partial charge in [0.25, 0.3) is 0 Å². The molecule has 0 fully saturated rings. The van der Waals surface area contributed by atoms with E-state index in [1.165, 1.54) is 23.1 Å². The Kier molecular flexibility index (Phi) is 5.19. The molecule has 0 saturated heterocycles. The van der Waals surface area contributed by atoms with Gasteiger partial charge in [-0.25, -0.2) is 0 Å². The van der Waals surface area contributed by atoms with E-state index in [0.29, 0.717) is 9.47 Å². The summed E-state index contributed by atoms with van der Waals surface area (Å²) in [5, 5.41) is 10.8. The first-order chi connectivity index (χ1) is 10.0. The lowest BCUT2D eigenvalue weighted by atomic mass is 10.1. The van der Waals surface area contributed by atoms with Crippen molar-refractivity contribution >= 4 is 39.8 Å². The van der Waals surface area contributed by atoms with Gasteiger partial charge in [0.2, 0.25) is 11.0 Å². The number of nitrogen functional groups attached to an aromatic ring is 1. The normalized spacial score (nSPS) is 12.1. The van der Waals surface area contributed by atoms with Crippen LogP contribution in [0.25, 0.3) is 0 Å². The van der Waals surface area contributed by atoms with Gasteiger partial charge in [0.1, 0.15) is 0 Å². The number of aryl methyl sites for hydroxylation is 2. The minimum Gasteiger partial charge on any atom is -0.374 e. The number of aromatic nitrogens is 2. The quantitative estimate of drug-likeness (QED) is 0.827. The molecule has 0 aliphatic carbocycles. The van der Waals surface area contributed by atoms with Gasteiger partial charge in [-0.3, -0.25) is 4.79 Å². The average molecular weight is 322 g/mol. The maximum atomic E-state index is 12.3. The Balaban J connectivity index is 2.07. The lowest BCUT2D eigenvalue weighted by Crippen LogP contribution is -2.23. The number of nitrogens with two attached hydrogens (primary N) is 1. The zero-order chi connectivity index (χ0) is 15.4. The van der Waals surface area contributed by atoms with Gasteiger partial charge in [-0.2, -0.15) is 0 Å². The highest BCUT2D eigenvalue weighted by Gasteiger charge is 2.18. The van der Waals surface area contributed by atoms with E-state index in [4.69, 9.17) is 5.73 Å². The van der Waals surface area contributed by atoms with Crippen LogP contribution < -0.4 is 11.1 Å². The number of rotatable bonds is 5. The van der Waals surface area contributed by atoms with Gasteiger partial charge in [0.15, 0.2) is 4.34 Å². The summed E-state index contributed by atoms with van der Waals surface area (Å²) in [5.74, 6) is -0.0437. The molecule has 2 rings (SSSR count). The summed E-state index contributed by atoms with van der Waals surface area (Å²) in [6, 6.07) is 6.04. The molecule has 5 nitrogen and oxygen atoms in total. The minimum absolute atomic E-state index is 0.0437. The van der Waals surface area contributed by atoms with Crippen molar-refractivity contribution in [2.75, 3.05) is 11.1 Å². The number of carbonyl (C=O) groups excluding carboxylic acids is 1. The second-order valence-electron chi connectivity index (χ2n) is 4.62. The first-order valence-electron chi connectivity index (χ1n) is 6.66. The lowest BCUT2D eigenvalue weighted by molar-refractivity contribution is -0.115. The number of hydrogen-bond donors (Lipinski definition) is 2. The molecule has 1 amide bonds. The molecule has 0 saturated carbocycles. The van der Waals surface area contributed by atoms with Crippen molar-refractivity contribution in [3.63, 3.8) is 0 Å². The summed E-state index contributed by atoms with van der Waals surface area (Å²) in [6.07, 6.45) is 0.881.